The number of hydrogen-bond acceptors (Lipinski definition) is 4. The molecule has 23 heavy (non-hydrogen) atoms. The zero-order valence-corrected chi connectivity index (χ0v) is 13.0. The fourth-order valence-electron chi connectivity index (χ4n) is 2.36. The summed E-state index contributed by atoms with van der Waals surface area (Å²) >= 11 is 0. The van der Waals surface area contributed by atoms with E-state index in [2.05, 4.69) is 12.2 Å². The van der Waals surface area contributed by atoms with E-state index in [0.29, 0.717) is 22.9 Å². The average molecular weight is 313 g/mol. The van der Waals surface area contributed by atoms with Crippen LogP contribution in [0.1, 0.15) is 18.9 Å². The van der Waals surface area contributed by atoms with Gasteiger partial charge in [0.15, 0.2) is 18.1 Å². The van der Waals surface area contributed by atoms with Crippen LogP contribution < -0.4 is 19.5 Å². The number of carbonyl (C=O) groups excluding carboxylic acids is 1. The van der Waals surface area contributed by atoms with Gasteiger partial charge in [-0.05, 0) is 36.2 Å². The van der Waals surface area contributed by atoms with Crippen molar-refractivity contribution in [3.63, 3.8) is 0 Å². The number of ether oxygens (including phenoxy) is 3. The van der Waals surface area contributed by atoms with Crippen LogP contribution in [0.15, 0.2) is 42.5 Å². The summed E-state index contributed by atoms with van der Waals surface area (Å²) in [5.74, 6) is 1.79. The lowest BCUT2D eigenvalue weighted by Gasteiger charge is -2.08. The minimum atomic E-state index is -0.221. The van der Waals surface area contributed by atoms with Crippen molar-refractivity contribution in [1.82, 2.24) is 0 Å². The Morgan fingerprint density at radius 1 is 1.13 bits per heavy atom. The van der Waals surface area contributed by atoms with Crippen molar-refractivity contribution in [3.05, 3.63) is 48.0 Å². The van der Waals surface area contributed by atoms with Crippen LogP contribution in [0.4, 0.5) is 5.69 Å². The summed E-state index contributed by atoms with van der Waals surface area (Å²) in [5.41, 5.74) is 1.92. The summed E-state index contributed by atoms with van der Waals surface area (Å²) in [6.07, 6.45) is 2.16. The molecule has 2 aromatic carbocycles. The van der Waals surface area contributed by atoms with Gasteiger partial charge in [0.05, 0.1) is 0 Å². The van der Waals surface area contributed by atoms with Crippen LogP contribution in [0.3, 0.4) is 0 Å². The zero-order valence-electron chi connectivity index (χ0n) is 13.0. The van der Waals surface area contributed by atoms with Gasteiger partial charge in [0, 0.05) is 11.8 Å². The molecule has 0 saturated heterocycles. The molecule has 0 aromatic heterocycles. The summed E-state index contributed by atoms with van der Waals surface area (Å²) in [6, 6.07) is 13.1. The molecule has 1 N–H and O–H groups in total. The van der Waals surface area contributed by atoms with Gasteiger partial charge in [0.25, 0.3) is 5.91 Å². The predicted octanol–water partition coefficient (Wildman–Crippen LogP) is 3.39. The Balaban J connectivity index is 1.51. The Kier molecular flexibility index (Phi) is 4.66. The molecule has 5 nitrogen and oxygen atoms in total. The third-order valence-corrected chi connectivity index (χ3v) is 3.49. The highest BCUT2D eigenvalue weighted by atomic mass is 16.7. The predicted molar refractivity (Wildman–Crippen MR) is 87.1 cm³/mol. The number of fused-ring (bicyclic) bond motifs is 1. The summed E-state index contributed by atoms with van der Waals surface area (Å²) < 4.78 is 16.0. The third-order valence-electron chi connectivity index (χ3n) is 3.49. The Morgan fingerprint density at radius 3 is 2.70 bits per heavy atom. The largest absolute Gasteiger partial charge is 0.484 e. The maximum absolute atomic E-state index is 11.9. The van der Waals surface area contributed by atoms with Crippen molar-refractivity contribution in [2.45, 2.75) is 19.8 Å². The van der Waals surface area contributed by atoms with Crippen molar-refractivity contribution in [2.24, 2.45) is 0 Å². The van der Waals surface area contributed by atoms with Gasteiger partial charge in [0.2, 0.25) is 6.79 Å². The van der Waals surface area contributed by atoms with Crippen molar-refractivity contribution >= 4 is 11.6 Å². The molecule has 0 saturated carbocycles. The molecular weight excluding hydrogens is 294 g/mol. The fraction of sp³-hybridized carbons (Fsp3) is 0.278. The van der Waals surface area contributed by atoms with Crippen molar-refractivity contribution in [2.75, 3.05) is 18.7 Å². The van der Waals surface area contributed by atoms with Crippen LogP contribution in [0.25, 0.3) is 0 Å². The molecule has 1 aliphatic heterocycles. The molecule has 1 aliphatic rings. The molecule has 0 aliphatic carbocycles. The first kappa shape index (κ1) is 15.2. The number of hydrogen-bond donors (Lipinski definition) is 1. The number of rotatable bonds is 6. The van der Waals surface area contributed by atoms with Gasteiger partial charge in [-0.1, -0.05) is 25.5 Å². The number of amides is 1. The van der Waals surface area contributed by atoms with Crippen LogP contribution in [0.5, 0.6) is 17.2 Å². The van der Waals surface area contributed by atoms with E-state index >= 15 is 0 Å². The number of nitrogens with one attached hydrogen (secondary N) is 1. The minimum absolute atomic E-state index is 0.0401. The molecule has 0 radical (unpaired) electrons. The number of aryl methyl sites for hydroxylation is 1. The second-order valence-corrected chi connectivity index (χ2v) is 5.30. The zero-order chi connectivity index (χ0) is 16.1. The molecule has 1 amide bonds. The van der Waals surface area contributed by atoms with Gasteiger partial charge in [-0.2, -0.15) is 0 Å². The summed E-state index contributed by atoms with van der Waals surface area (Å²) in [4.78, 5) is 11.9. The molecule has 0 fully saturated rings. The molecular formula is C18H19NO4. The lowest BCUT2D eigenvalue weighted by molar-refractivity contribution is -0.118. The van der Waals surface area contributed by atoms with E-state index in [9.17, 15) is 4.79 Å². The summed E-state index contributed by atoms with van der Waals surface area (Å²) in [7, 11) is 0. The highest BCUT2D eigenvalue weighted by Gasteiger charge is 2.14. The van der Waals surface area contributed by atoms with Gasteiger partial charge in [-0.3, -0.25) is 4.79 Å². The smallest absolute Gasteiger partial charge is 0.262 e. The monoisotopic (exact) mass is 313 g/mol. The number of benzene rings is 2. The molecule has 120 valence electrons. The van der Waals surface area contributed by atoms with Gasteiger partial charge >= 0.3 is 0 Å². The first-order chi connectivity index (χ1) is 11.2. The van der Waals surface area contributed by atoms with Gasteiger partial charge in [-0.15, -0.1) is 0 Å². The third kappa shape index (κ3) is 3.94. The van der Waals surface area contributed by atoms with E-state index in [1.807, 2.05) is 24.3 Å². The maximum Gasteiger partial charge on any atom is 0.262 e. The van der Waals surface area contributed by atoms with Crippen LogP contribution >= 0.6 is 0 Å². The molecule has 0 unspecified atom stereocenters. The van der Waals surface area contributed by atoms with Crippen molar-refractivity contribution in [3.8, 4) is 17.2 Å². The minimum Gasteiger partial charge on any atom is -0.484 e. The second-order valence-electron chi connectivity index (χ2n) is 5.30. The molecule has 1 heterocycles. The molecule has 2 aromatic rings. The second kappa shape index (κ2) is 7.05. The molecule has 0 bridgehead atoms. The Morgan fingerprint density at radius 2 is 1.91 bits per heavy atom. The van der Waals surface area contributed by atoms with Crippen LogP contribution in [0, 0.1) is 0 Å². The first-order valence-corrected chi connectivity index (χ1v) is 7.66. The molecule has 3 rings (SSSR count). The first-order valence-electron chi connectivity index (χ1n) is 7.66. The Labute approximate surface area is 135 Å². The van der Waals surface area contributed by atoms with Gasteiger partial charge < -0.3 is 19.5 Å². The van der Waals surface area contributed by atoms with Crippen LogP contribution in [-0.4, -0.2) is 19.3 Å². The number of carbonyl (C=O) groups is 1. The van der Waals surface area contributed by atoms with Gasteiger partial charge in [0.1, 0.15) is 5.75 Å². The maximum atomic E-state index is 11.9. The summed E-state index contributed by atoms with van der Waals surface area (Å²) in [5, 5.41) is 2.77. The quantitative estimate of drug-likeness (QED) is 0.888. The van der Waals surface area contributed by atoms with E-state index in [1.165, 1.54) is 5.56 Å². The Bertz CT molecular complexity index is 682. The van der Waals surface area contributed by atoms with E-state index in [0.717, 1.165) is 12.8 Å². The van der Waals surface area contributed by atoms with E-state index in [1.54, 1.807) is 18.2 Å². The van der Waals surface area contributed by atoms with Crippen molar-refractivity contribution < 1.29 is 19.0 Å². The van der Waals surface area contributed by atoms with Crippen molar-refractivity contribution in [1.29, 1.82) is 0 Å². The summed E-state index contributed by atoms with van der Waals surface area (Å²) in [6.45, 7) is 2.32. The normalized spacial score (nSPS) is 12.0. The van der Waals surface area contributed by atoms with Crippen LogP contribution in [-0.2, 0) is 11.2 Å². The lowest BCUT2D eigenvalue weighted by Crippen LogP contribution is -2.20. The topological polar surface area (TPSA) is 56.8 Å². The molecule has 0 spiro atoms. The van der Waals surface area contributed by atoms with E-state index in [4.69, 9.17) is 14.2 Å². The lowest BCUT2D eigenvalue weighted by atomic mass is 10.1. The van der Waals surface area contributed by atoms with E-state index in [-0.39, 0.29) is 19.3 Å². The van der Waals surface area contributed by atoms with Gasteiger partial charge in [-0.25, -0.2) is 0 Å². The van der Waals surface area contributed by atoms with Crippen LogP contribution in [0.2, 0.25) is 0 Å². The fourth-order valence-corrected chi connectivity index (χ4v) is 2.36. The molecule has 0 atom stereocenters. The highest BCUT2D eigenvalue weighted by molar-refractivity contribution is 5.92. The SMILES string of the molecule is CCCc1ccc(OCC(=O)Nc2ccc3c(c2)OCO3)cc1. The Hall–Kier alpha value is -2.69. The standard InChI is InChI=1S/C18H19NO4/c1-2-3-13-4-7-15(8-5-13)21-11-18(20)19-14-6-9-16-17(10-14)23-12-22-16/h4-10H,2-3,11-12H2,1H3,(H,19,20). The van der Waals surface area contributed by atoms with E-state index < -0.39 is 0 Å². The number of anilines is 1. The average Bonchev–Trinajstić information content (AvgIpc) is 3.02. The highest BCUT2D eigenvalue weighted by Crippen LogP contribution is 2.34. The molecule has 5 heteroatoms.